The zero-order valence-corrected chi connectivity index (χ0v) is 12.5. The molecule has 1 heteroatoms. The Labute approximate surface area is 113 Å². The fourth-order valence-corrected chi connectivity index (χ4v) is 5.60. The molecule has 0 spiro atoms. The van der Waals surface area contributed by atoms with E-state index < -0.39 is 0 Å². The van der Waals surface area contributed by atoms with Gasteiger partial charge in [-0.2, -0.15) is 0 Å². The first-order valence-electron chi connectivity index (χ1n) is 8.55. The van der Waals surface area contributed by atoms with Crippen molar-refractivity contribution in [2.75, 3.05) is 6.54 Å². The Balaban J connectivity index is 1.67. The van der Waals surface area contributed by atoms with E-state index in [1.807, 2.05) is 0 Å². The number of hydrogen-bond acceptors (Lipinski definition) is 1. The average Bonchev–Trinajstić information content (AvgIpc) is 2.81. The second-order valence-corrected chi connectivity index (χ2v) is 7.12. The van der Waals surface area contributed by atoms with Gasteiger partial charge in [-0.05, 0) is 67.7 Å². The standard InChI is InChI=1S/C17H31N/c1-4-9-18-17(11(5-2)6-3)16-14-12-7-8-13(10-12)15(14)16/h11-18H,4-10H2,1-3H3. The van der Waals surface area contributed by atoms with Crippen LogP contribution in [0.25, 0.3) is 0 Å². The van der Waals surface area contributed by atoms with E-state index in [9.17, 15) is 0 Å². The molecular formula is C17H31N. The molecule has 18 heavy (non-hydrogen) atoms. The van der Waals surface area contributed by atoms with Gasteiger partial charge in [0.25, 0.3) is 0 Å². The first-order valence-corrected chi connectivity index (χ1v) is 8.55. The van der Waals surface area contributed by atoms with Gasteiger partial charge in [0.05, 0.1) is 0 Å². The van der Waals surface area contributed by atoms with E-state index in [2.05, 4.69) is 26.1 Å². The van der Waals surface area contributed by atoms with Gasteiger partial charge in [0.15, 0.2) is 0 Å². The molecule has 3 aliphatic rings. The minimum absolute atomic E-state index is 0.846. The van der Waals surface area contributed by atoms with Crippen molar-refractivity contribution in [3.63, 3.8) is 0 Å². The Morgan fingerprint density at radius 1 is 1.00 bits per heavy atom. The van der Waals surface area contributed by atoms with Crippen LogP contribution in [0.15, 0.2) is 0 Å². The molecule has 3 rings (SSSR count). The van der Waals surface area contributed by atoms with Crippen molar-refractivity contribution in [2.24, 2.45) is 35.5 Å². The molecule has 0 heterocycles. The molecule has 5 unspecified atom stereocenters. The Morgan fingerprint density at radius 3 is 2.11 bits per heavy atom. The van der Waals surface area contributed by atoms with Gasteiger partial charge in [-0.15, -0.1) is 0 Å². The Hall–Kier alpha value is -0.0400. The number of nitrogens with one attached hydrogen (secondary N) is 1. The van der Waals surface area contributed by atoms with Gasteiger partial charge in [0.2, 0.25) is 0 Å². The van der Waals surface area contributed by atoms with Crippen LogP contribution in [0.4, 0.5) is 0 Å². The molecule has 0 aromatic rings. The SMILES string of the molecule is CCCNC(C(CC)CC)C1C2C3CCC(C3)C21. The van der Waals surface area contributed by atoms with Crippen LogP contribution in [0.2, 0.25) is 0 Å². The Bertz CT molecular complexity index is 267. The first kappa shape index (κ1) is 13.0. The predicted molar refractivity (Wildman–Crippen MR) is 77.5 cm³/mol. The highest BCUT2D eigenvalue weighted by atomic mass is 15.0. The monoisotopic (exact) mass is 249 g/mol. The van der Waals surface area contributed by atoms with Crippen molar-refractivity contribution in [1.29, 1.82) is 0 Å². The van der Waals surface area contributed by atoms with Gasteiger partial charge < -0.3 is 5.32 Å². The normalized spacial score (nSPS) is 42.3. The van der Waals surface area contributed by atoms with Crippen molar-refractivity contribution in [3.05, 3.63) is 0 Å². The van der Waals surface area contributed by atoms with Gasteiger partial charge in [-0.1, -0.05) is 33.6 Å². The summed E-state index contributed by atoms with van der Waals surface area (Å²) in [7, 11) is 0. The molecule has 0 aromatic carbocycles. The van der Waals surface area contributed by atoms with Crippen molar-refractivity contribution in [1.82, 2.24) is 5.32 Å². The Morgan fingerprint density at radius 2 is 1.61 bits per heavy atom. The summed E-state index contributed by atoms with van der Waals surface area (Å²) in [4.78, 5) is 0. The maximum Gasteiger partial charge on any atom is 0.0129 e. The van der Waals surface area contributed by atoms with E-state index in [1.165, 1.54) is 25.8 Å². The molecule has 0 radical (unpaired) electrons. The number of hydrogen-bond donors (Lipinski definition) is 1. The highest BCUT2D eigenvalue weighted by molar-refractivity contribution is 5.16. The molecule has 0 aromatic heterocycles. The summed E-state index contributed by atoms with van der Waals surface area (Å²) in [6, 6.07) is 0.846. The summed E-state index contributed by atoms with van der Waals surface area (Å²) >= 11 is 0. The van der Waals surface area contributed by atoms with Crippen LogP contribution in [0.5, 0.6) is 0 Å². The minimum Gasteiger partial charge on any atom is -0.313 e. The quantitative estimate of drug-likeness (QED) is 0.717. The summed E-state index contributed by atoms with van der Waals surface area (Å²) in [5, 5.41) is 3.93. The lowest BCUT2D eigenvalue weighted by molar-refractivity contribution is 0.262. The summed E-state index contributed by atoms with van der Waals surface area (Å²) in [6.07, 6.45) is 8.73. The first-order chi connectivity index (χ1) is 8.81. The number of fused-ring (bicyclic) bond motifs is 5. The summed E-state index contributed by atoms with van der Waals surface area (Å²) in [5.41, 5.74) is 0. The van der Waals surface area contributed by atoms with Crippen molar-refractivity contribution in [3.8, 4) is 0 Å². The molecule has 3 aliphatic carbocycles. The van der Waals surface area contributed by atoms with Crippen LogP contribution in [-0.4, -0.2) is 12.6 Å². The third-order valence-corrected chi connectivity index (χ3v) is 6.40. The zero-order valence-electron chi connectivity index (χ0n) is 12.5. The maximum atomic E-state index is 3.93. The van der Waals surface area contributed by atoms with E-state index in [0.29, 0.717) is 0 Å². The van der Waals surface area contributed by atoms with Crippen molar-refractivity contribution >= 4 is 0 Å². The average molecular weight is 249 g/mol. The van der Waals surface area contributed by atoms with Crippen LogP contribution in [-0.2, 0) is 0 Å². The van der Waals surface area contributed by atoms with E-state index >= 15 is 0 Å². The lowest BCUT2D eigenvalue weighted by Gasteiger charge is -2.29. The van der Waals surface area contributed by atoms with Gasteiger partial charge >= 0.3 is 0 Å². The Kier molecular flexibility index (Phi) is 3.71. The molecule has 1 nitrogen and oxygen atoms in total. The molecule has 1 N–H and O–H groups in total. The molecule has 5 atom stereocenters. The van der Waals surface area contributed by atoms with Crippen LogP contribution in [0.3, 0.4) is 0 Å². The molecule has 0 amide bonds. The summed E-state index contributed by atoms with van der Waals surface area (Å²) in [5.74, 6) is 6.52. The van der Waals surface area contributed by atoms with Crippen molar-refractivity contribution < 1.29 is 0 Å². The molecule has 3 fully saturated rings. The maximum absolute atomic E-state index is 3.93. The molecule has 104 valence electrons. The molecule has 0 aliphatic heterocycles. The number of rotatable bonds is 7. The highest BCUT2D eigenvalue weighted by Gasteiger charge is 2.66. The molecule has 2 bridgehead atoms. The molecule has 3 saturated carbocycles. The second-order valence-electron chi connectivity index (χ2n) is 7.12. The lowest BCUT2D eigenvalue weighted by atomic mass is 9.86. The largest absolute Gasteiger partial charge is 0.313 e. The smallest absolute Gasteiger partial charge is 0.0129 e. The van der Waals surface area contributed by atoms with E-state index in [0.717, 1.165) is 41.5 Å². The van der Waals surface area contributed by atoms with E-state index in [1.54, 1.807) is 19.3 Å². The van der Waals surface area contributed by atoms with E-state index in [-0.39, 0.29) is 0 Å². The highest BCUT2D eigenvalue weighted by Crippen LogP contribution is 2.70. The van der Waals surface area contributed by atoms with Crippen LogP contribution in [0.1, 0.15) is 59.3 Å². The molecular weight excluding hydrogens is 218 g/mol. The third kappa shape index (κ3) is 1.94. The molecule has 0 saturated heterocycles. The minimum atomic E-state index is 0.846. The zero-order chi connectivity index (χ0) is 12.7. The fraction of sp³-hybridized carbons (Fsp3) is 1.00. The summed E-state index contributed by atoms with van der Waals surface area (Å²) < 4.78 is 0. The van der Waals surface area contributed by atoms with Crippen LogP contribution < -0.4 is 5.32 Å². The second kappa shape index (κ2) is 5.15. The van der Waals surface area contributed by atoms with Gasteiger partial charge in [0, 0.05) is 6.04 Å². The summed E-state index contributed by atoms with van der Waals surface area (Å²) in [6.45, 7) is 8.31. The van der Waals surface area contributed by atoms with Crippen LogP contribution >= 0.6 is 0 Å². The fourth-order valence-electron chi connectivity index (χ4n) is 5.60. The van der Waals surface area contributed by atoms with Crippen molar-refractivity contribution in [2.45, 2.75) is 65.3 Å². The third-order valence-electron chi connectivity index (χ3n) is 6.40. The topological polar surface area (TPSA) is 12.0 Å². The van der Waals surface area contributed by atoms with Gasteiger partial charge in [0.1, 0.15) is 0 Å². The van der Waals surface area contributed by atoms with Crippen LogP contribution in [0, 0.1) is 35.5 Å². The van der Waals surface area contributed by atoms with Gasteiger partial charge in [-0.25, -0.2) is 0 Å². The predicted octanol–water partition coefficient (Wildman–Crippen LogP) is 4.08. The lowest BCUT2D eigenvalue weighted by Crippen LogP contribution is -2.40. The van der Waals surface area contributed by atoms with E-state index in [4.69, 9.17) is 0 Å². The van der Waals surface area contributed by atoms with Gasteiger partial charge in [-0.3, -0.25) is 0 Å².